The molecule has 0 bridgehead atoms. The van der Waals surface area contributed by atoms with Crippen molar-refractivity contribution in [2.75, 3.05) is 41.0 Å². The lowest BCUT2D eigenvalue weighted by Gasteiger charge is -2.13. The van der Waals surface area contributed by atoms with E-state index in [4.69, 9.17) is 9.47 Å². The van der Waals surface area contributed by atoms with Gasteiger partial charge in [-0.2, -0.15) is 0 Å². The number of unbranched alkanes of at least 4 members (excludes halogenated alkanes) is 24. The highest BCUT2D eigenvalue weighted by Crippen LogP contribution is 2.12. The van der Waals surface area contributed by atoms with E-state index in [1.165, 1.54) is 180 Å². The van der Waals surface area contributed by atoms with Gasteiger partial charge >= 0.3 is 0 Å². The van der Waals surface area contributed by atoms with Crippen molar-refractivity contribution in [2.24, 2.45) is 0 Å². The predicted octanol–water partition coefficient (Wildman–Crippen LogP) is 13.7. The summed E-state index contributed by atoms with van der Waals surface area (Å²) in [5.74, 6) is 0. The van der Waals surface area contributed by atoms with E-state index < -0.39 is 0 Å². The van der Waals surface area contributed by atoms with Gasteiger partial charge in [-0.1, -0.05) is 154 Å². The molecular weight excluding hydrogens is 550 g/mol. The molecule has 0 heterocycles. The molecule has 1 unspecified atom stereocenters. The molecule has 1 atom stereocenters. The van der Waals surface area contributed by atoms with Gasteiger partial charge in [0.2, 0.25) is 0 Å². The molecule has 0 N–H and O–H groups in total. The zero-order valence-electron chi connectivity index (χ0n) is 32.1. The second-order valence-electron chi connectivity index (χ2n) is 14.0. The molecule has 0 rings (SSSR count). The smallest absolute Gasteiger partial charge is 0.0780 e. The van der Waals surface area contributed by atoms with Gasteiger partial charge in [-0.15, -0.1) is 0 Å². The van der Waals surface area contributed by atoms with E-state index in [2.05, 4.69) is 45.1 Å². The minimum absolute atomic E-state index is 0.229. The van der Waals surface area contributed by atoms with Gasteiger partial charge in [0, 0.05) is 13.2 Å². The lowest BCUT2D eigenvalue weighted by Crippen LogP contribution is -2.17. The standard InChI is InChI=1S/C39H76O2.C3H9N/c1-4-6-8-10-12-14-16-18-20-22-24-26-28-30-32-34-36-40-38-39(3)41-37-35-33-31-29-27-25-23-21-19-17-15-13-11-9-7-5-2;1-4(2)3/h18-21,39H,4-17,22-38H2,1-3H3;1-3H3/b20-18-,21-19-;. The summed E-state index contributed by atoms with van der Waals surface area (Å²) in [5.41, 5.74) is 0. The van der Waals surface area contributed by atoms with E-state index in [1.807, 2.05) is 26.0 Å². The summed E-state index contributed by atoms with van der Waals surface area (Å²) in [4.78, 5) is 2.00. The molecule has 0 aliphatic carbocycles. The highest BCUT2D eigenvalue weighted by Gasteiger charge is 2.02. The fraction of sp³-hybridized carbons (Fsp3) is 0.905. The van der Waals surface area contributed by atoms with Crippen LogP contribution in [0.15, 0.2) is 24.3 Å². The Hall–Kier alpha value is -0.640. The maximum absolute atomic E-state index is 5.95. The highest BCUT2D eigenvalue weighted by atomic mass is 16.5. The van der Waals surface area contributed by atoms with E-state index in [0.717, 1.165) is 19.8 Å². The zero-order chi connectivity index (χ0) is 33.3. The molecule has 0 saturated heterocycles. The first-order valence-corrected chi connectivity index (χ1v) is 20.1. The van der Waals surface area contributed by atoms with E-state index >= 15 is 0 Å². The molecule has 45 heavy (non-hydrogen) atoms. The Morgan fingerprint density at radius 1 is 0.422 bits per heavy atom. The van der Waals surface area contributed by atoms with E-state index in [0.29, 0.717) is 0 Å². The summed E-state index contributed by atoms with van der Waals surface area (Å²) in [6.45, 7) is 9.26. The largest absolute Gasteiger partial charge is 0.379 e. The summed E-state index contributed by atoms with van der Waals surface area (Å²) in [7, 11) is 6.00. The van der Waals surface area contributed by atoms with Crippen molar-refractivity contribution in [2.45, 2.75) is 207 Å². The lowest BCUT2D eigenvalue weighted by atomic mass is 10.1. The number of hydrogen-bond acceptors (Lipinski definition) is 3. The summed E-state index contributed by atoms with van der Waals surface area (Å²) < 4.78 is 11.8. The Morgan fingerprint density at radius 3 is 1.07 bits per heavy atom. The number of allylic oxidation sites excluding steroid dienone is 4. The summed E-state index contributed by atoms with van der Waals surface area (Å²) in [6, 6.07) is 0. The molecule has 0 aliphatic rings. The third-order valence-electron chi connectivity index (χ3n) is 8.21. The Kier molecular flexibility index (Phi) is 44.8. The summed E-state index contributed by atoms with van der Waals surface area (Å²) in [6.07, 6.45) is 47.8. The Labute approximate surface area is 285 Å². The van der Waals surface area contributed by atoms with Crippen LogP contribution in [-0.4, -0.2) is 52.0 Å². The molecule has 0 aliphatic heterocycles. The third kappa shape index (κ3) is 50.4. The number of ether oxygens (including phenoxy) is 2. The first-order valence-electron chi connectivity index (χ1n) is 20.1. The molecule has 3 heteroatoms. The van der Waals surface area contributed by atoms with Gasteiger partial charge in [-0.3, -0.25) is 0 Å². The van der Waals surface area contributed by atoms with Crippen molar-refractivity contribution in [3.63, 3.8) is 0 Å². The van der Waals surface area contributed by atoms with Crippen LogP contribution in [0.5, 0.6) is 0 Å². The van der Waals surface area contributed by atoms with E-state index in [1.54, 1.807) is 0 Å². The van der Waals surface area contributed by atoms with Crippen LogP contribution in [0.3, 0.4) is 0 Å². The number of rotatable bonds is 35. The van der Waals surface area contributed by atoms with Crippen molar-refractivity contribution >= 4 is 0 Å². The van der Waals surface area contributed by atoms with Crippen molar-refractivity contribution in [3.8, 4) is 0 Å². The molecule has 3 nitrogen and oxygen atoms in total. The van der Waals surface area contributed by atoms with Gasteiger partial charge in [0.25, 0.3) is 0 Å². The second-order valence-corrected chi connectivity index (χ2v) is 14.0. The Morgan fingerprint density at radius 2 is 0.711 bits per heavy atom. The minimum atomic E-state index is 0.229. The molecule has 0 spiro atoms. The molecule has 0 radical (unpaired) electrons. The van der Waals surface area contributed by atoms with Crippen LogP contribution < -0.4 is 0 Å². The second kappa shape index (κ2) is 43.4. The van der Waals surface area contributed by atoms with Crippen LogP contribution in [0.4, 0.5) is 0 Å². The van der Waals surface area contributed by atoms with E-state index in [-0.39, 0.29) is 6.10 Å². The maximum Gasteiger partial charge on any atom is 0.0780 e. The van der Waals surface area contributed by atoms with Gasteiger partial charge in [0.1, 0.15) is 0 Å². The fourth-order valence-electron chi connectivity index (χ4n) is 5.38. The van der Waals surface area contributed by atoms with Gasteiger partial charge in [-0.25, -0.2) is 0 Å². The van der Waals surface area contributed by atoms with Crippen LogP contribution in [0.1, 0.15) is 201 Å². The van der Waals surface area contributed by atoms with Crippen molar-refractivity contribution in [1.29, 1.82) is 0 Å². The average Bonchev–Trinajstić information content (AvgIpc) is 3.01. The molecule has 0 aromatic rings. The highest BCUT2D eigenvalue weighted by molar-refractivity contribution is 4.82. The van der Waals surface area contributed by atoms with Crippen molar-refractivity contribution in [1.82, 2.24) is 4.90 Å². The molecule has 270 valence electrons. The predicted molar refractivity (Wildman–Crippen MR) is 205 cm³/mol. The topological polar surface area (TPSA) is 21.7 Å². The maximum atomic E-state index is 5.95. The summed E-state index contributed by atoms with van der Waals surface area (Å²) in [5, 5.41) is 0. The average molecular weight is 636 g/mol. The Bertz CT molecular complexity index is 556. The first kappa shape index (κ1) is 46.5. The number of hydrogen-bond donors (Lipinski definition) is 0. The molecule has 0 saturated carbocycles. The van der Waals surface area contributed by atoms with Gasteiger partial charge in [0.05, 0.1) is 12.7 Å². The monoisotopic (exact) mass is 636 g/mol. The zero-order valence-corrected chi connectivity index (χ0v) is 32.1. The van der Waals surface area contributed by atoms with Crippen LogP contribution in [0.25, 0.3) is 0 Å². The molecular formula is C42H85NO2. The van der Waals surface area contributed by atoms with Gasteiger partial charge in [0.15, 0.2) is 0 Å². The van der Waals surface area contributed by atoms with E-state index in [9.17, 15) is 0 Å². The normalized spacial score (nSPS) is 12.4. The quantitative estimate of drug-likeness (QED) is 0.0511. The fourth-order valence-corrected chi connectivity index (χ4v) is 5.38. The first-order chi connectivity index (χ1) is 22.0. The van der Waals surface area contributed by atoms with Gasteiger partial charge < -0.3 is 14.4 Å². The summed E-state index contributed by atoms with van der Waals surface area (Å²) >= 11 is 0. The molecule has 0 fully saturated rings. The SMILES string of the molecule is CCCCCCCC/C=C\CCCCCCCCOCC(C)OCCCCCCCC/C=C\CCCCCCCC.CN(C)C. The molecule has 0 amide bonds. The number of nitrogens with zero attached hydrogens (tertiary/aromatic N) is 1. The van der Waals surface area contributed by atoms with Crippen molar-refractivity contribution < 1.29 is 9.47 Å². The lowest BCUT2D eigenvalue weighted by molar-refractivity contribution is -0.00869. The van der Waals surface area contributed by atoms with Crippen LogP contribution >= 0.6 is 0 Å². The minimum Gasteiger partial charge on any atom is -0.379 e. The molecule has 0 aromatic carbocycles. The van der Waals surface area contributed by atoms with Crippen LogP contribution in [-0.2, 0) is 9.47 Å². The third-order valence-corrected chi connectivity index (χ3v) is 8.21. The Balaban J connectivity index is 0. The van der Waals surface area contributed by atoms with Gasteiger partial charge in [-0.05, 0) is 92.3 Å². The molecule has 0 aromatic heterocycles. The van der Waals surface area contributed by atoms with Crippen molar-refractivity contribution in [3.05, 3.63) is 24.3 Å². The van der Waals surface area contributed by atoms with Crippen LogP contribution in [0.2, 0.25) is 0 Å². The van der Waals surface area contributed by atoms with Crippen LogP contribution in [0, 0.1) is 0 Å².